The molecule has 0 aliphatic rings. The lowest BCUT2D eigenvalue weighted by Crippen LogP contribution is -2.03. The fourth-order valence-electron chi connectivity index (χ4n) is 1.41. The highest BCUT2D eigenvalue weighted by Crippen LogP contribution is 1.75. The molecule has 0 bridgehead atoms. The summed E-state index contributed by atoms with van der Waals surface area (Å²) in [6.07, 6.45) is 10.2. The fraction of sp³-hybridized carbons (Fsp3) is 0.0244. The second-order valence-electron chi connectivity index (χ2n) is 5.54. The number of rotatable bonds is 0. The van der Waals surface area contributed by atoms with Crippen molar-refractivity contribution in [2.75, 3.05) is 0 Å². The van der Waals surface area contributed by atoms with E-state index in [4.69, 9.17) is 20.7 Å². The SMILES string of the molecule is [B]CC#CC#CC#CC#CC#CC#CB(C#CC#CC#CC#CC#CC#CC#C)C#CC#CC#CC#CC#CC#CC#C. The second-order valence-corrected chi connectivity index (χ2v) is 5.54. The van der Waals surface area contributed by atoms with Crippen LogP contribution in [0.5, 0.6) is 0 Å². The predicted octanol–water partition coefficient (Wildman–Crippen LogP) is 0.0132. The van der Waals surface area contributed by atoms with Gasteiger partial charge in [-0.3, -0.25) is 0 Å². The molecule has 0 saturated carbocycles. The molecule has 174 valence electrons. The van der Waals surface area contributed by atoms with Gasteiger partial charge in [0.15, 0.2) is 0 Å². The third kappa shape index (κ3) is 29.4. The lowest BCUT2D eigenvalue weighted by atomic mass is 9.52. The van der Waals surface area contributed by atoms with Crippen molar-refractivity contribution in [1.29, 1.82) is 0 Å². The third-order valence-corrected chi connectivity index (χ3v) is 2.80. The Kier molecular flexibility index (Phi) is 25.0. The maximum absolute atomic E-state index is 5.21. The third-order valence-electron chi connectivity index (χ3n) is 2.80. The Morgan fingerprint density at radius 3 is 0.744 bits per heavy atom. The average molecular weight is 518 g/mol. The summed E-state index contributed by atoms with van der Waals surface area (Å²) in [5.74, 6) is 95.2. The molecule has 0 heterocycles. The summed E-state index contributed by atoms with van der Waals surface area (Å²) < 4.78 is 0. The minimum Gasteiger partial charge on any atom is -0.106 e. The molecule has 0 unspecified atom stereocenters. The van der Waals surface area contributed by atoms with Crippen LogP contribution in [0.1, 0.15) is 0 Å². The highest BCUT2D eigenvalue weighted by molar-refractivity contribution is 6.82. The molecule has 0 N–H and O–H groups in total. The minimum absolute atomic E-state index is 0.233. The van der Waals surface area contributed by atoms with Crippen molar-refractivity contribution in [3.05, 3.63) is 0 Å². The molecule has 0 amide bonds. The summed E-state index contributed by atoms with van der Waals surface area (Å²) in [5, 5.41) is 0. The van der Waals surface area contributed by atoms with Crippen LogP contribution in [0.15, 0.2) is 0 Å². The van der Waals surface area contributed by atoms with Gasteiger partial charge in [-0.1, -0.05) is 5.92 Å². The van der Waals surface area contributed by atoms with Gasteiger partial charge in [0.05, 0.1) is 7.85 Å². The quantitative estimate of drug-likeness (QED) is 0.314. The first-order chi connectivity index (χ1) is 21.3. The van der Waals surface area contributed by atoms with Gasteiger partial charge in [0.2, 0.25) is 0 Å². The molecule has 0 spiro atoms. The van der Waals surface area contributed by atoms with E-state index in [1.807, 2.05) is 0 Å². The molecule has 0 saturated heterocycles. The van der Waals surface area contributed by atoms with E-state index in [0.29, 0.717) is 0 Å². The van der Waals surface area contributed by atoms with Crippen LogP contribution in [0, 0.1) is 238 Å². The number of terminal acetylenes is 2. The van der Waals surface area contributed by atoms with E-state index >= 15 is 0 Å². The van der Waals surface area contributed by atoms with Crippen LogP contribution in [0.3, 0.4) is 0 Å². The van der Waals surface area contributed by atoms with Gasteiger partial charge in [0.1, 0.15) is 0 Å². The first-order valence-corrected chi connectivity index (χ1v) is 11.0. The Bertz CT molecular complexity index is 2280. The molecule has 0 aromatic carbocycles. The van der Waals surface area contributed by atoms with E-state index < -0.39 is 6.71 Å². The topological polar surface area (TPSA) is 0 Å². The van der Waals surface area contributed by atoms with Crippen LogP contribution in [0.25, 0.3) is 0 Å². The summed E-state index contributed by atoms with van der Waals surface area (Å²) in [4.78, 5) is 0. The normalized spacial score (nSPS) is 4.33. The Balaban J connectivity index is 5.65. The number of hydrogen-bond donors (Lipinski definition) is 0. The molecule has 0 rings (SSSR count). The lowest BCUT2D eigenvalue weighted by Gasteiger charge is -1.78. The smallest absolute Gasteiger partial charge is 0.106 e. The van der Waals surface area contributed by atoms with Gasteiger partial charge in [-0.15, -0.1) is 30.3 Å². The van der Waals surface area contributed by atoms with E-state index in [9.17, 15) is 0 Å². The van der Waals surface area contributed by atoms with Crippen LogP contribution in [0.4, 0.5) is 0 Å². The Hall–Kier alpha value is -8.67. The molecule has 0 nitrogen and oxygen atoms in total. The highest BCUT2D eigenvalue weighted by Gasteiger charge is 2.00. The van der Waals surface area contributed by atoms with E-state index in [1.54, 1.807) is 0 Å². The van der Waals surface area contributed by atoms with Crippen molar-refractivity contribution in [3.63, 3.8) is 0 Å². The summed E-state index contributed by atoms with van der Waals surface area (Å²) in [7, 11) is 5.21. The van der Waals surface area contributed by atoms with E-state index in [2.05, 4.69) is 225 Å². The van der Waals surface area contributed by atoms with Gasteiger partial charge in [0, 0.05) is 0 Å². The first kappa shape index (κ1) is 34.3. The minimum atomic E-state index is -0.713. The van der Waals surface area contributed by atoms with Crippen LogP contribution in [0.2, 0.25) is 6.32 Å². The standard InChI is InChI=1S/C41H4B2/c1-3-5-7-9-11-13-15-19-23-27-31-35-39-43(40-36-32-28-24-20-16-14-12-10-8-6-4-2)41-37-33-29-25-21-17-18-22-26-30-34-38-42/h1-2H,38H2. The summed E-state index contributed by atoms with van der Waals surface area (Å²) in [5.41, 5.74) is 0. The zero-order valence-electron chi connectivity index (χ0n) is 22.0. The van der Waals surface area contributed by atoms with Gasteiger partial charge in [-0.2, -0.15) is 0 Å². The molecule has 2 radical (unpaired) electrons. The first-order valence-electron chi connectivity index (χ1n) is 11.0. The van der Waals surface area contributed by atoms with Gasteiger partial charge in [-0.05, 0) is 208 Å². The van der Waals surface area contributed by atoms with Crippen molar-refractivity contribution in [1.82, 2.24) is 0 Å². The van der Waals surface area contributed by atoms with Crippen LogP contribution >= 0.6 is 0 Å². The summed E-state index contributed by atoms with van der Waals surface area (Å²) in [6.45, 7) is -0.713. The zero-order valence-corrected chi connectivity index (χ0v) is 22.0. The average Bonchev–Trinajstić information content (AvgIpc) is 3.02. The Labute approximate surface area is 257 Å². The van der Waals surface area contributed by atoms with Gasteiger partial charge in [0.25, 0.3) is 0 Å². The number of hydrogen-bond acceptors (Lipinski definition) is 0. The molecular weight excluding hydrogens is 514 g/mol. The van der Waals surface area contributed by atoms with Gasteiger partial charge in [-0.25, -0.2) is 0 Å². The van der Waals surface area contributed by atoms with Crippen molar-refractivity contribution >= 4 is 14.6 Å². The van der Waals surface area contributed by atoms with Crippen LogP contribution in [-0.4, -0.2) is 14.6 Å². The maximum atomic E-state index is 5.21. The van der Waals surface area contributed by atoms with Crippen molar-refractivity contribution in [2.24, 2.45) is 0 Å². The van der Waals surface area contributed by atoms with E-state index in [1.165, 1.54) is 0 Å². The summed E-state index contributed by atoms with van der Waals surface area (Å²) in [6, 6.07) is 0. The van der Waals surface area contributed by atoms with Crippen molar-refractivity contribution in [3.8, 4) is 238 Å². The highest BCUT2D eigenvalue weighted by atomic mass is 13.6. The predicted molar refractivity (Wildman–Crippen MR) is 174 cm³/mol. The molecule has 0 aliphatic heterocycles. The lowest BCUT2D eigenvalue weighted by molar-refractivity contribution is 1.88. The monoisotopic (exact) mass is 518 g/mol. The molecule has 0 atom stereocenters. The molecule has 0 aromatic heterocycles. The molecular formula is C41H4B2. The van der Waals surface area contributed by atoms with E-state index in [0.717, 1.165) is 0 Å². The Morgan fingerprint density at radius 1 is 0.302 bits per heavy atom. The van der Waals surface area contributed by atoms with Crippen LogP contribution in [-0.2, 0) is 0 Å². The largest absolute Gasteiger partial charge is 0.398 e. The molecule has 0 aliphatic carbocycles. The van der Waals surface area contributed by atoms with Crippen molar-refractivity contribution in [2.45, 2.75) is 6.32 Å². The van der Waals surface area contributed by atoms with E-state index in [-0.39, 0.29) is 6.32 Å². The molecule has 0 fully saturated rings. The molecule has 0 aromatic rings. The van der Waals surface area contributed by atoms with Gasteiger partial charge >= 0.3 is 6.71 Å². The zero-order chi connectivity index (χ0) is 31.2. The van der Waals surface area contributed by atoms with Crippen LogP contribution < -0.4 is 0 Å². The fourth-order valence-corrected chi connectivity index (χ4v) is 1.41. The van der Waals surface area contributed by atoms with Gasteiger partial charge < -0.3 is 0 Å². The Morgan fingerprint density at radius 2 is 0.512 bits per heavy atom. The second kappa shape index (κ2) is 31.4. The van der Waals surface area contributed by atoms with Crippen molar-refractivity contribution < 1.29 is 0 Å². The molecule has 2 heteroatoms. The molecule has 43 heavy (non-hydrogen) atoms. The maximum Gasteiger partial charge on any atom is 0.398 e. The summed E-state index contributed by atoms with van der Waals surface area (Å²) >= 11 is 0.